The van der Waals surface area contributed by atoms with Gasteiger partial charge >= 0.3 is 0 Å². The van der Waals surface area contributed by atoms with Crippen molar-refractivity contribution in [2.75, 3.05) is 0 Å². The fourth-order valence-corrected chi connectivity index (χ4v) is 4.45. The Morgan fingerprint density at radius 3 is 2.07 bits per heavy atom. The van der Waals surface area contributed by atoms with Crippen molar-refractivity contribution in [3.63, 3.8) is 0 Å². The molecule has 0 amide bonds. The number of nitrogens with zero attached hydrogens (tertiary/aromatic N) is 2. The smallest absolute Gasteiger partial charge is 0.147 e. The van der Waals surface area contributed by atoms with Gasteiger partial charge in [-0.25, -0.2) is 4.98 Å². The fraction of sp³-hybridized carbons (Fsp3) is 0.0357. The molecule has 0 saturated heterocycles. The lowest BCUT2D eigenvalue weighted by Crippen LogP contribution is -1.98. The molecule has 2 aromatic heterocycles. The Labute approximate surface area is 175 Å². The predicted molar refractivity (Wildman–Crippen MR) is 126 cm³/mol. The highest BCUT2D eigenvalue weighted by molar-refractivity contribution is 6.10. The van der Waals surface area contributed by atoms with Crippen LogP contribution in [0.1, 0.15) is 5.56 Å². The molecule has 0 fully saturated rings. The van der Waals surface area contributed by atoms with Crippen LogP contribution < -0.4 is 0 Å². The fourth-order valence-electron chi connectivity index (χ4n) is 4.45. The molecule has 0 aliphatic rings. The molecule has 142 valence electrons. The summed E-state index contributed by atoms with van der Waals surface area (Å²) in [5, 5.41) is 2.46. The van der Waals surface area contributed by atoms with E-state index in [0.717, 1.165) is 16.7 Å². The zero-order valence-corrected chi connectivity index (χ0v) is 16.7. The zero-order valence-electron chi connectivity index (χ0n) is 16.7. The van der Waals surface area contributed by atoms with Crippen molar-refractivity contribution in [1.29, 1.82) is 0 Å². The van der Waals surface area contributed by atoms with Crippen molar-refractivity contribution in [2.24, 2.45) is 0 Å². The van der Waals surface area contributed by atoms with Crippen LogP contribution in [0.3, 0.4) is 0 Å². The van der Waals surface area contributed by atoms with Gasteiger partial charge in [0, 0.05) is 10.9 Å². The van der Waals surface area contributed by atoms with Crippen LogP contribution in [0.5, 0.6) is 0 Å². The first kappa shape index (κ1) is 17.0. The number of hydrogen-bond acceptors (Lipinski definition) is 1. The maximum atomic E-state index is 5.11. The molecule has 0 saturated carbocycles. The summed E-state index contributed by atoms with van der Waals surface area (Å²) in [4.78, 5) is 5.11. The van der Waals surface area contributed by atoms with E-state index in [1.165, 1.54) is 38.7 Å². The first-order valence-corrected chi connectivity index (χ1v) is 10.3. The summed E-state index contributed by atoms with van der Waals surface area (Å²) in [7, 11) is 0. The van der Waals surface area contributed by atoms with Gasteiger partial charge in [0.05, 0.1) is 16.7 Å². The average molecular weight is 384 g/mol. The van der Waals surface area contributed by atoms with Crippen molar-refractivity contribution in [3.05, 3.63) is 109 Å². The summed E-state index contributed by atoms with van der Waals surface area (Å²) < 4.78 is 2.34. The van der Waals surface area contributed by atoms with E-state index in [-0.39, 0.29) is 0 Å². The van der Waals surface area contributed by atoms with Crippen molar-refractivity contribution >= 4 is 27.5 Å². The zero-order chi connectivity index (χ0) is 20.1. The molecule has 2 nitrogen and oxygen atoms in total. The lowest BCUT2D eigenvalue weighted by molar-refractivity contribution is 1.25. The second-order valence-electron chi connectivity index (χ2n) is 7.76. The molecule has 2 heteroatoms. The summed E-state index contributed by atoms with van der Waals surface area (Å²) in [6, 6.07) is 36.5. The standard InChI is InChI=1S/C28H20N2/c1-19-15-17-21(18-16-19)27-23-12-6-5-11-22(23)26(20-9-3-2-4-10-20)28-29-24-13-7-8-14-25(24)30(27)28/h2-18H,1H3. The molecule has 2 heterocycles. The van der Waals surface area contributed by atoms with Crippen LogP contribution in [-0.4, -0.2) is 9.38 Å². The lowest BCUT2D eigenvalue weighted by atomic mass is 9.95. The molecule has 0 bridgehead atoms. The Morgan fingerprint density at radius 2 is 1.27 bits per heavy atom. The van der Waals surface area contributed by atoms with E-state index in [0.29, 0.717) is 0 Å². The molecule has 4 aromatic carbocycles. The van der Waals surface area contributed by atoms with Crippen LogP contribution in [0.15, 0.2) is 103 Å². The number of fused-ring (bicyclic) bond motifs is 4. The second-order valence-corrected chi connectivity index (χ2v) is 7.76. The molecule has 0 radical (unpaired) electrons. The summed E-state index contributed by atoms with van der Waals surface area (Å²) in [5.74, 6) is 0. The molecule has 0 atom stereocenters. The topological polar surface area (TPSA) is 17.3 Å². The van der Waals surface area contributed by atoms with Crippen molar-refractivity contribution in [1.82, 2.24) is 9.38 Å². The number of aromatic nitrogens is 2. The van der Waals surface area contributed by atoms with Gasteiger partial charge in [-0.15, -0.1) is 0 Å². The Kier molecular flexibility index (Phi) is 3.72. The van der Waals surface area contributed by atoms with Crippen molar-refractivity contribution in [2.45, 2.75) is 6.92 Å². The Morgan fingerprint density at radius 1 is 0.600 bits per heavy atom. The SMILES string of the molecule is Cc1ccc(-c2c3ccccc3c(-c3ccccc3)c3nc4ccccc4n23)cc1. The van der Waals surface area contributed by atoms with Crippen LogP contribution in [0.25, 0.3) is 49.8 Å². The number of imidazole rings is 1. The van der Waals surface area contributed by atoms with Gasteiger partial charge in [0.25, 0.3) is 0 Å². The van der Waals surface area contributed by atoms with Gasteiger partial charge in [0.15, 0.2) is 0 Å². The van der Waals surface area contributed by atoms with Gasteiger partial charge in [0.1, 0.15) is 5.65 Å². The minimum atomic E-state index is 0.997. The van der Waals surface area contributed by atoms with E-state index in [9.17, 15) is 0 Å². The van der Waals surface area contributed by atoms with Crippen molar-refractivity contribution in [3.8, 4) is 22.4 Å². The van der Waals surface area contributed by atoms with E-state index in [1.54, 1.807) is 0 Å². The van der Waals surface area contributed by atoms with Gasteiger partial charge < -0.3 is 0 Å². The Balaban J connectivity index is 1.90. The van der Waals surface area contributed by atoms with E-state index in [2.05, 4.69) is 114 Å². The molecule has 0 aliphatic heterocycles. The number of pyridine rings is 1. The van der Waals surface area contributed by atoms with Crippen LogP contribution in [-0.2, 0) is 0 Å². The number of para-hydroxylation sites is 2. The highest BCUT2D eigenvalue weighted by atomic mass is 15.0. The Bertz CT molecular complexity index is 1520. The van der Waals surface area contributed by atoms with Crippen LogP contribution >= 0.6 is 0 Å². The monoisotopic (exact) mass is 384 g/mol. The maximum absolute atomic E-state index is 5.11. The molecule has 0 unspecified atom stereocenters. The number of benzene rings is 4. The normalized spacial score (nSPS) is 11.5. The Hall–Kier alpha value is -3.91. The highest BCUT2D eigenvalue weighted by Crippen LogP contribution is 2.40. The largest absolute Gasteiger partial charge is 0.291 e. The van der Waals surface area contributed by atoms with E-state index in [4.69, 9.17) is 4.98 Å². The van der Waals surface area contributed by atoms with Crippen molar-refractivity contribution < 1.29 is 0 Å². The summed E-state index contributed by atoms with van der Waals surface area (Å²) >= 11 is 0. The summed E-state index contributed by atoms with van der Waals surface area (Å²) in [5.41, 5.74) is 9.15. The minimum absolute atomic E-state index is 0.997. The predicted octanol–water partition coefficient (Wildman–Crippen LogP) is 7.28. The molecular weight excluding hydrogens is 364 g/mol. The van der Waals surface area contributed by atoms with Gasteiger partial charge in [-0.2, -0.15) is 0 Å². The van der Waals surface area contributed by atoms with E-state index in [1.807, 2.05) is 0 Å². The third-order valence-corrected chi connectivity index (χ3v) is 5.85. The van der Waals surface area contributed by atoms with Crippen LogP contribution in [0.4, 0.5) is 0 Å². The molecule has 6 aromatic rings. The van der Waals surface area contributed by atoms with Gasteiger partial charge in [-0.1, -0.05) is 96.6 Å². The molecule has 30 heavy (non-hydrogen) atoms. The van der Waals surface area contributed by atoms with E-state index >= 15 is 0 Å². The molecule has 0 spiro atoms. The minimum Gasteiger partial charge on any atom is -0.291 e. The average Bonchev–Trinajstić information content (AvgIpc) is 3.17. The van der Waals surface area contributed by atoms with Crippen LogP contribution in [0.2, 0.25) is 0 Å². The molecule has 0 N–H and O–H groups in total. The summed E-state index contributed by atoms with van der Waals surface area (Å²) in [6.07, 6.45) is 0. The van der Waals surface area contributed by atoms with Gasteiger partial charge in [-0.3, -0.25) is 4.40 Å². The molecular formula is C28H20N2. The van der Waals surface area contributed by atoms with E-state index < -0.39 is 0 Å². The quantitative estimate of drug-likeness (QED) is 0.306. The second kappa shape index (κ2) is 6.57. The van der Waals surface area contributed by atoms with Gasteiger partial charge in [-0.05, 0) is 35.6 Å². The number of rotatable bonds is 2. The molecule has 6 rings (SSSR count). The first-order chi connectivity index (χ1) is 14.8. The van der Waals surface area contributed by atoms with Crippen LogP contribution in [0, 0.1) is 6.92 Å². The van der Waals surface area contributed by atoms with Gasteiger partial charge in [0.2, 0.25) is 0 Å². The maximum Gasteiger partial charge on any atom is 0.147 e. The summed E-state index contributed by atoms with van der Waals surface area (Å²) in [6.45, 7) is 2.13. The molecule has 0 aliphatic carbocycles. The number of hydrogen-bond donors (Lipinski definition) is 0. The third-order valence-electron chi connectivity index (χ3n) is 5.85. The highest BCUT2D eigenvalue weighted by Gasteiger charge is 2.19. The third kappa shape index (κ3) is 2.47. The number of aryl methyl sites for hydroxylation is 1. The lowest BCUT2D eigenvalue weighted by Gasteiger charge is -2.16. The first-order valence-electron chi connectivity index (χ1n) is 10.3.